The van der Waals surface area contributed by atoms with Gasteiger partial charge >= 0.3 is 0 Å². The quantitative estimate of drug-likeness (QED) is 0.738. The Hall–Kier alpha value is -2.93. The van der Waals surface area contributed by atoms with Gasteiger partial charge in [0, 0.05) is 30.1 Å². The number of aryl methyl sites for hydroxylation is 1. The summed E-state index contributed by atoms with van der Waals surface area (Å²) in [4.78, 5) is 21.7. The van der Waals surface area contributed by atoms with Crippen LogP contribution >= 0.6 is 0 Å². The van der Waals surface area contributed by atoms with Crippen molar-refractivity contribution in [1.82, 2.24) is 14.4 Å². The number of imidazole rings is 1. The molecule has 2 aliphatic rings. The van der Waals surface area contributed by atoms with E-state index in [0.29, 0.717) is 41.5 Å². The number of hydrogen-bond donors (Lipinski definition) is 1. The van der Waals surface area contributed by atoms with Crippen LogP contribution in [0.4, 0.5) is 5.69 Å². The van der Waals surface area contributed by atoms with E-state index in [1.54, 1.807) is 6.07 Å². The summed E-state index contributed by atoms with van der Waals surface area (Å²) in [7, 11) is 0. The lowest BCUT2D eigenvalue weighted by Crippen LogP contribution is -2.14. The predicted octanol–water partition coefficient (Wildman–Crippen LogP) is 3.05. The number of carbonyl (C=O) groups excluding carboxylic acids is 1. The Kier molecular flexibility index (Phi) is 4.05. The van der Waals surface area contributed by atoms with Gasteiger partial charge in [-0.25, -0.2) is 9.97 Å². The molecule has 0 spiro atoms. The first-order valence-corrected chi connectivity index (χ1v) is 9.62. The van der Waals surface area contributed by atoms with Gasteiger partial charge < -0.3 is 19.2 Å². The van der Waals surface area contributed by atoms with Crippen molar-refractivity contribution in [2.24, 2.45) is 11.8 Å². The van der Waals surface area contributed by atoms with Crippen LogP contribution in [0.25, 0.3) is 5.65 Å². The van der Waals surface area contributed by atoms with Gasteiger partial charge in [0.15, 0.2) is 11.4 Å². The van der Waals surface area contributed by atoms with Crippen LogP contribution in [0.15, 0.2) is 36.7 Å². The molecular formula is C21H22N4O3. The minimum absolute atomic E-state index is 0.250. The molecule has 1 saturated carbocycles. The average Bonchev–Trinajstić information content (AvgIpc) is 3.02. The van der Waals surface area contributed by atoms with Crippen molar-refractivity contribution in [3.8, 4) is 5.75 Å². The molecule has 0 radical (unpaired) electrons. The van der Waals surface area contributed by atoms with Crippen LogP contribution in [0.5, 0.6) is 5.75 Å². The highest BCUT2D eigenvalue weighted by Gasteiger charge is 2.55. The summed E-state index contributed by atoms with van der Waals surface area (Å²) < 4.78 is 13.2. The molecule has 144 valence electrons. The number of carbonyl (C=O) groups is 1. The highest BCUT2D eigenvalue weighted by molar-refractivity contribution is 6.03. The number of nitrogens with zero attached hydrogens (tertiary/aromatic N) is 3. The van der Waals surface area contributed by atoms with Crippen molar-refractivity contribution in [3.05, 3.63) is 53.7 Å². The monoisotopic (exact) mass is 378 g/mol. The van der Waals surface area contributed by atoms with Crippen LogP contribution in [-0.4, -0.2) is 40.1 Å². The first-order chi connectivity index (χ1) is 13.6. The molecule has 2 fully saturated rings. The SMILES string of the molecule is CCOc1cc(NC(=O)c2cccc(C)n2)cn2cc([C@H]3[C@@H]4COC[C@@H]43)nc12. The zero-order valence-corrected chi connectivity index (χ0v) is 15.9. The van der Waals surface area contributed by atoms with Crippen LogP contribution in [-0.2, 0) is 4.74 Å². The molecule has 1 aliphatic heterocycles. The Morgan fingerprint density at radius 1 is 1.29 bits per heavy atom. The highest BCUT2D eigenvalue weighted by atomic mass is 16.5. The molecule has 3 aromatic heterocycles. The number of fused-ring (bicyclic) bond motifs is 2. The van der Waals surface area contributed by atoms with Crippen LogP contribution < -0.4 is 10.1 Å². The standard InChI is InChI=1S/C21H22N4O3/c1-3-28-18-7-13(23-21(26)16-6-4-5-12(2)22-16)8-25-9-17(24-20(18)25)19-14-10-27-11-15(14)19/h4-9,14-15,19H,3,10-11H2,1-2H3,(H,23,26)/t14-,15+,19+. The summed E-state index contributed by atoms with van der Waals surface area (Å²) in [6.45, 7) is 5.97. The topological polar surface area (TPSA) is 77.8 Å². The lowest BCUT2D eigenvalue weighted by atomic mass is 10.2. The second kappa shape index (κ2) is 6.60. The molecule has 0 unspecified atom stereocenters. The maximum atomic E-state index is 12.6. The van der Waals surface area contributed by atoms with Crippen molar-refractivity contribution in [2.75, 3.05) is 25.1 Å². The van der Waals surface area contributed by atoms with E-state index >= 15 is 0 Å². The number of anilines is 1. The van der Waals surface area contributed by atoms with E-state index < -0.39 is 0 Å². The van der Waals surface area contributed by atoms with E-state index in [1.807, 2.05) is 48.8 Å². The molecule has 1 amide bonds. The molecule has 1 N–H and O–H groups in total. The maximum Gasteiger partial charge on any atom is 0.274 e. The largest absolute Gasteiger partial charge is 0.490 e. The van der Waals surface area contributed by atoms with Crippen molar-refractivity contribution >= 4 is 17.2 Å². The van der Waals surface area contributed by atoms with E-state index in [2.05, 4.69) is 10.3 Å². The summed E-state index contributed by atoms with van der Waals surface area (Å²) in [5.74, 6) is 2.06. The molecule has 3 atom stereocenters. The minimum atomic E-state index is -0.250. The Labute approximate surface area is 162 Å². The first kappa shape index (κ1) is 17.2. The van der Waals surface area contributed by atoms with E-state index in [4.69, 9.17) is 14.5 Å². The summed E-state index contributed by atoms with van der Waals surface area (Å²) in [5, 5.41) is 2.92. The van der Waals surface area contributed by atoms with Crippen LogP contribution in [0.2, 0.25) is 0 Å². The Balaban J connectivity index is 1.46. The summed E-state index contributed by atoms with van der Waals surface area (Å²) in [6.07, 6.45) is 3.91. The fraction of sp³-hybridized carbons (Fsp3) is 0.381. The third-order valence-electron chi connectivity index (χ3n) is 5.51. The Morgan fingerprint density at radius 2 is 2.11 bits per heavy atom. The lowest BCUT2D eigenvalue weighted by molar-refractivity contribution is 0.102. The summed E-state index contributed by atoms with van der Waals surface area (Å²) in [6, 6.07) is 7.21. The molecule has 28 heavy (non-hydrogen) atoms. The smallest absolute Gasteiger partial charge is 0.274 e. The zero-order chi connectivity index (χ0) is 19.3. The molecular weight excluding hydrogens is 356 g/mol. The van der Waals surface area contributed by atoms with Gasteiger partial charge in [-0.05, 0) is 37.8 Å². The predicted molar refractivity (Wildman–Crippen MR) is 104 cm³/mol. The molecule has 3 aromatic rings. The Bertz CT molecular complexity index is 1050. The minimum Gasteiger partial charge on any atom is -0.490 e. The normalized spacial score (nSPS) is 22.9. The molecule has 5 rings (SSSR count). The fourth-order valence-corrected chi connectivity index (χ4v) is 4.12. The number of pyridine rings is 2. The molecule has 1 saturated heterocycles. The lowest BCUT2D eigenvalue weighted by Gasteiger charge is -2.10. The van der Waals surface area contributed by atoms with E-state index in [1.165, 1.54) is 0 Å². The van der Waals surface area contributed by atoms with Gasteiger partial charge in [0.25, 0.3) is 5.91 Å². The van der Waals surface area contributed by atoms with Gasteiger partial charge in [-0.2, -0.15) is 0 Å². The number of ether oxygens (including phenoxy) is 2. The summed E-state index contributed by atoms with van der Waals surface area (Å²) in [5.41, 5.74) is 3.68. The van der Waals surface area contributed by atoms with Crippen molar-refractivity contribution in [3.63, 3.8) is 0 Å². The average molecular weight is 378 g/mol. The molecule has 4 heterocycles. The number of nitrogens with one attached hydrogen (secondary N) is 1. The third-order valence-corrected chi connectivity index (χ3v) is 5.51. The highest BCUT2D eigenvalue weighted by Crippen LogP contribution is 2.57. The number of hydrogen-bond acceptors (Lipinski definition) is 5. The number of aromatic nitrogens is 3. The van der Waals surface area contributed by atoms with Crippen molar-refractivity contribution in [1.29, 1.82) is 0 Å². The van der Waals surface area contributed by atoms with Crippen LogP contribution in [0.1, 0.15) is 34.7 Å². The molecule has 7 heteroatoms. The number of amides is 1. The second-order valence-electron chi connectivity index (χ2n) is 7.43. The van der Waals surface area contributed by atoms with Gasteiger partial charge in [0.2, 0.25) is 0 Å². The van der Waals surface area contributed by atoms with Gasteiger partial charge in [0.05, 0.1) is 31.2 Å². The first-order valence-electron chi connectivity index (χ1n) is 9.62. The molecule has 0 bridgehead atoms. The third kappa shape index (κ3) is 2.92. The number of rotatable bonds is 5. The van der Waals surface area contributed by atoms with Crippen molar-refractivity contribution in [2.45, 2.75) is 19.8 Å². The van der Waals surface area contributed by atoms with Crippen molar-refractivity contribution < 1.29 is 14.3 Å². The van der Waals surface area contributed by atoms with Gasteiger partial charge in [-0.3, -0.25) is 4.79 Å². The molecule has 7 nitrogen and oxygen atoms in total. The second-order valence-corrected chi connectivity index (χ2v) is 7.43. The Morgan fingerprint density at radius 3 is 2.86 bits per heavy atom. The van der Waals surface area contributed by atoms with Gasteiger partial charge in [0.1, 0.15) is 5.69 Å². The molecule has 1 aliphatic carbocycles. The van der Waals surface area contributed by atoms with Gasteiger partial charge in [-0.15, -0.1) is 0 Å². The van der Waals surface area contributed by atoms with Crippen LogP contribution in [0, 0.1) is 18.8 Å². The van der Waals surface area contributed by atoms with E-state index in [9.17, 15) is 4.79 Å². The fourth-order valence-electron chi connectivity index (χ4n) is 4.12. The van der Waals surface area contributed by atoms with Crippen LogP contribution in [0.3, 0.4) is 0 Å². The van der Waals surface area contributed by atoms with E-state index in [0.717, 1.165) is 30.2 Å². The van der Waals surface area contributed by atoms with E-state index in [-0.39, 0.29) is 5.91 Å². The van der Waals surface area contributed by atoms with Gasteiger partial charge in [-0.1, -0.05) is 6.07 Å². The zero-order valence-electron chi connectivity index (χ0n) is 15.9. The summed E-state index contributed by atoms with van der Waals surface area (Å²) >= 11 is 0. The maximum absolute atomic E-state index is 12.6. The molecule has 0 aromatic carbocycles.